The molecule has 0 aliphatic heterocycles. The second-order valence-corrected chi connectivity index (χ2v) is 5.89. The summed E-state index contributed by atoms with van der Waals surface area (Å²) in [4.78, 5) is 22.8. The van der Waals surface area contributed by atoms with E-state index in [9.17, 15) is 14.9 Å². The van der Waals surface area contributed by atoms with Crippen molar-refractivity contribution >= 4 is 17.2 Å². The van der Waals surface area contributed by atoms with E-state index in [0.29, 0.717) is 6.42 Å². The van der Waals surface area contributed by atoms with Gasteiger partial charge in [0.1, 0.15) is 5.78 Å². The van der Waals surface area contributed by atoms with Gasteiger partial charge in [0, 0.05) is 30.2 Å². The highest BCUT2D eigenvalue weighted by Gasteiger charge is 2.20. The second kappa shape index (κ2) is 8.24. The van der Waals surface area contributed by atoms with E-state index in [-0.39, 0.29) is 23.4 Å². The summed E-state index contributed by atoms with van der Waals surface area (Å²) in [5.74, 6) is 0.187. The molecule has 126 valence electrons. The van der Waals surface area contributed by atoms with Crippen LogP contribution in [-0.2, 0) is 4.79 Å². The van der Waals surface area contributed by atoms with Crippen molar-refractivity contribution in [2.24, 2.45) is 5.92 Å². The number of anilines is 1. The quantitative estimate of drug-likeness (QED) is 0.561. The number of ketones is 1. The topological polar surface area (TPSA) is 72.2 Å². The molecule has 5 heteroatoms. The van der Waals surface area contributed by atoms with E-state index in [1.54, 1.807) is 12.1 Å². The van der Waals surface area contributed by atoms with Crippen LogP contribution in [0.1, 0.15) is 38.3 Å². The first kappa shape index (κ1) is 17.7. The average Bonchev–Trinajstić information content (AvgIpc) is 2.61. The first-order valence-electron chi connectivity index (χ1n) is 8.10. The number of nitrogens with one attached hydrogen (secondary N) is 1. The van der Waals surface area contributed by atoms with Crippen LogP contribution in [0, 0.1) is 16.0 Å². The van der Waals surface area contributed by atoms with Crippen LogP contribution < -0.4 is 5.32 Å². The number of Topliss-reactive ketones (excluding diaryl/α,β-unsaturated/α-hetero) is 1. The van der Waals surface area contributed by atoms with E-state index in [2.05, 4.69) is 5.32 Å². The predicted octanol–water partition coefficient (Wildman–Crippen LogP) is 4.75. The van der Waals surface area contributed by atoms with Gasteiger partial charge in [-0.2, -0.15) is 0 Å². The third-order valence-electron chi connectivity index (χ3n) is 4.19. The van der Waals surface area contributed by atoms with Gasteiger partial charge < -0.3 is 5.32 Å². The lowest BCUT2D eigenvalue weighted by molar-refractivity contribution is -0.384. The highest BCUT2D eigenvalue weighted by atomic mass is 16.6. The Morgan fingerprint density at radius 2 is 1.75 bits per heavy atom. The Kier molecular flexibility index (Phi) is 6.07. The lowest BCUT2D eigenvalue weighted by Crippen LogP contribution is -2.19. The molecule has 0 amide bonds. The highest BCUT2D eigenvalue weighted by Crippen LogP contribution is 2.26. The molecule has 0 fully saturated rings. The largest absolute Gasteiger partial charge is 0.378 e. The third-order valence-corrected chi connectivity index (χ3v) is 4.19. The fourth-order valence-corrected chi connectivity index (χ4v) is 2.45. The van der Waals surface area contributed by atoms with E-state index in [0.717, 1.165) is 17.7 Å². The van der Waals surface area contributed by atoms with Crippen molar-refractivity contribution in [3.05, 3.63) is 70.3 Å². The van der Waals surface area contributed by atoms with Crippen molar-refractivity contribution in [1.29, 1.82) is 0 Å². The number of benzene rings is 2. The van der Waals surface area contributed by atoms with Crippen molar-refractivity contribution in [3.63, 3.8) is 0 Å². The van der Waals surface area contributed by atoms with E-state index in [1.165, 1.54) is 12.1 Å². The molecule has 0 aliphatic carbocycles. The number of hydrogen-bond donors (Lipinski definition) is 1. The number of para-hydroxylation sites is 1. The van der Waals surface area contributed by atoms with Crippen molar-refractivity contribution in [2.45, 2.75) is 32.7 Å². The maximum Gasteiger partial charge on any atom is 0.269 e. The molecule has 2 aromatic rings. The van der Waals surface area contributed by atoms with Gasteiger partial charge in [0.2, 0.25) is 0 Å². The maximum absolute atomic E-state index is 12.4. The minimum Gasteiger partial charge on any atom is -0.378 e. The van der Waals surface area contributed by atoms with Gasteiger partial charge in [-0.25, -0.2) is 0 Å². The highest BCUT2D eigenvalue weighted by molar-refractivity contribution is 5.81. The molecule has 0 aliphatic rings. The van der Waals surface area contributed by atoms with Gasteiger partial charge in [-0.1, -0.05) is 44.2 Å². The summed E-state index contributed by atoms with van der Waals surface area (Å²) in [6.45, 7) is 3.92. The van der Waals surface area contributed by atoms with Crippen molar-refractivity contribution < 1.29 is 9.72 Å². The molecule has 5 nitrogen and oxygen atoms in total. The Hall–Kier alpha value is -2.69. The Morgan fingerprint density at radius 1 is 1.12 bits per heavy atom. The molecule has 2 rings (SSSR count). The number of nitro benzene ring substituents is 1. The molecular formula is C19H22N2O3. The smallest absolute Gasteiger partial charge is 0.269 e. The molecule has 24 heavy (non-hydrogen) atoms. The number of non-ortho nitro benzene ring substituents is 1. The summed E-state index contributed by atoms with van der Waals surface area (Å²) in [6.07, 6.45) is 1.15. The zero-order valence-corrected chi connectivity index (χ0v) is 13.9. The SMILES string of the molecule is CCC(C)C(=O)CC(Nc1ccccc1)c1ccc([N+](=O)[O-])cc1. The first-order valence-corrected chi connectivity index (χ1v) is 8.10. The fraction of sp³-hybridized carbons (Fsp3) is 0.316. The number of nitro groups is 1. The summed E-state index contributed by atoms with van der Waals surface area (Å²) in [6, 6.07) is 15.8. The summed E-state index contributed by atoms with van der Waals surface area (Å²) >= 11 is 0. The maximum atomic E-state index is 12.4. The molecule has 0 saturated heterocycles. The van der Waals surface area contributed by atoms with Gasteiger partial charge in [-0.05, 0) is 24.1 Å². The zero-order chi connectivity index (χ0) is 17.5. The molecule has 2 unspecified atom stereocenters. The number of carbonyl (C=O) groups is 1. The van der Waals surface area contributed by atoms with E-state index in [4.69, 9.17) is 0 Å². The first-order chi connectivity index (χ1) is 11.5. The van der Waals surface area contributed by atoms with Crippen LogP contribution >= 0.6 is 0 Å². The Balaban J connectivity index is 2.24. The van der Waals surface area contributed by atoms with Crippen LogP contribution in [0.15, 0.2) is 54.6 Å². The van der Waals surface area contributed by atoms with Crippen molar-refractivity contribution in [3.8, 4) is 0 Å². The molecule has 0 bridgehead atoms. The molecule has 2 aromatic carbocycles. The molecule has 0 aromatic heterocycles. The monoisotopic (exact) mass is 326 g/mol. The second-order valence-electron chi connectivity index (χ2n) is 5.89. The van der Waals surface area contributed by atoms with Gasteiger partial charge >= 0.3 is 0 Å². The lowest BCUT2D eigenvalue weighted by atomic mass is 9.93. The van der Waals surface area contributed by atoms with Gasteiger partial charge in [-0.3, -0.25) is 14.9 Å². The minimum atomic E-state index is -0.423. The predicted molar refractivity (Wildman–Crippen MR) is 95.0 cm³/mol. The summed E-state index contributed by atoms with van der Waals surface area (Å²) in [5, 5.41) is 14.2. The van der Waals surface area contributed by atoms with Crippen LogP contribution in [0.5, 0.6) is 0 Å². The van der Waals surface area contributed by atoms with Crippen LogP contribution in [0.25, 0.3) is 0 Å². The normalized spacial score (nSPS) is 13.1. The molecular weight excluding hydrogens is 304 g/mol. The molecule has 0 spiro atoms. The molecule has 0 heterocycles. The standard InChI is InChI=1S/C19H22N2O3/c1-3-14(2)19(22)13-18(20-16-7-5-4-6-8-16)15-9-11-17(12-10-15)21(23)24/h4-12,14,18,20H,3,13H2,1-2H3. The third kappa shape index (κ3) is 4.65. The summed E-state index contributed by atoms with van der Waals surface area (Å²) in [5.41, 5.74) is 1.82. The van der Waals surface area contributed by atoms with Crippen LogP contribution in [-0.4, -0.2) is 10.7 Å². The zero-order valence-electron chi connectivity index (χ0n) is 13.9. The van der Waals surface area contributed by atoms with Gasteiger partial charge in [0.05, 0.1) is 11.0 Å². The number of nitrogens with zero attached hydrogens (tertiary/aromatic N) is 1. The number of hydrogen-bond acceptors (Lipinski definition) is 4. The fourth-order valence-electron chi connectivity index (χ4n) is 2.45. The molecule has 0 saturated carbocycles. The van der Waals surface area contributed by atoms with Crippen LogP contribution in [0.2, 0.25) is 0 Å². The summed E-state index contributed by atoms with van der Waals surface area (Å²) in [7, 11) is 0. The lowest BCUT2D eigenvalue weighted by Gasteiger charge is -2.21. The van der Waals surface area contributed by atoms with Crippen molar-refractivity contribution in [1.82, 2.24) is 0 Å². The average molecular weight is 326 g/mol. The van der Waals surface area contributed by atoms with Gasteiger partial charge in [0.25, 0.3) is 5.69 Å². The van der Waals surface area contributed by atoms with Gasteiger partial charge in [-0.15, -0.1) is 0 Å². The molecule has 2 atom stereocenters. The minimum absolute atomic E-state index is 0.00289. The number of rotatable bonds is 8. The van der Waals surface area contributed by atoms with Crippen LogP contribution in [0.3, 0.4) is 0 Å². The van der Waals surface area contributed by atoms with E-state index < -0.39 is 4.92 Å². The van der Waals surface area contributed by atoms with Crippen LogP contribution in [0.4, 0.5) is 11.4 Å². The molecule has 1 N–H and O–H groups in total. The Labute approximate surface area is 141 Å². The van der Waals surface area contributed by atoms with Crippen molar-refractivity contribution in [2.75, 3.05) is 5.32 Å². The van der Waals surface area contributed by atoms with E-state index >= 15 is 0 Å². The molecule has 0 radical (unpaired) electrons. The summed E-state index contributed by atoms with van der Waals surface area (Å²) < 4.78 is 0. The number of carbonyl (C=O) groups excluding carboxylic acids is 1. The van der Waals surface area contributed by atoms with E-state index in [1.807, 2.05) is 44.2 Å². The van der Waals surface area contributed by atoms with Gasteiger partial charge in [0.15, 0.2) is 0 Å². The Bertz CT molecular complexity index is 684. The Morgan fingerprint density at radius 3 is 2.29 bits per heavy atom.